The zero-order valence-corrected chi connectivity index (χ0v) is 13.5. The summed E-state index contributed by atoms with van der Waals surface area (Å²) < 4.78 is 18.8. The number of nitrogens with one attached hydrogen (secondary N) is 2. The first kappa shape index (κ1) is 16.3. The standard InChI is InChI=1S/C16H20FN3OS/c1-12(21-15-5-3-4-14(17)8-15)9-19-16(18-2)20-10-13-6-7-22-11-13/h3-8,11-12H,9-10H2,1-2H3,(H2,18,19,20). The molecule has 22 heavy (non-hydrogen) atoms. The normalized spacial score (nSPS) is 12.8. The molecule has 0 aliphatic heterocycles. The maximum Gasteiger partial charge on any atom is 0.191 e. The van der Waals surface area contributed by atoms with Gasteiger partial charge in [0.2, 0.25) is 0 Å². The Kier molecular flexibility index (Phi) is 6.21. The highest BCUT2D eigenvalue weighted by Crippen LogP contribution is 2.13. The lowest BCUT2D eigenvalue weighted by Gasteiger charge is -2.17. The number of hydrogen-bond acceptors (Lipinski definition) is 3. The Hall–Kier alpha value is -2.08. The molecule has 0 saturated heterocycles. The van der Waals surface area contributed by atoms with Gasteiger partial charge in [0.15, 0.2) is 5.96 Å². The van der Waals surface area contributed by atoms with E-state index in [1.54, 1.807) is 30.5 Å². The van der Waals surface area contributed by atoms with Crippen LogP contribution in [0.4, 0.5) is 4.39 Å². The van der Waals surface area contributed by atoms with Gasteiger partial charge in [-0.2, -0.15) is 11.3 Å². The molecule has 6 heteroatoms. The van der Waals surface area contributed by atoms with Crippen LogP contribution in [0.2, 0.25) is 0 Å². The Labute approximate surface area is 134 Å². The molecule has 1 heterocycles. The summed E-state index contributed by atoms with van der Waals surface area (Å²) in [5.41, 5.74) is 1.22. The van der Waals surface area contributed by atoms with Crippen molar-refractivity contribution in [3.63, 3.8) is 0 Å². The number of halogens is 1. The molecule has 0 aliphatic carbocycles. The molecule has 0 saturated carbocycles. The molecule has 1 aromatic heterocycles. The van der Waals surface area contributed by atoms with Crippen LogP contribution >= 0.6 is 11.3 Å². The summed E-state index contributed by atoms with van der Waals surface area (Å²) in [7, 11) is 1.72. The monoisotopic (exact) mass is 321 g/mol. The fourth-order valence-electron chi connectivity index (χ4n) is 1.85. The van der Waals surface area contributed by atoms with E-state index in [1.807, 2.05) is 12.3 Å². The fourth-order valence-corrected chi connectivity index (χ4v) is 2.52. The Morgan fingerprint density at radius 2 is 2.23 bits per heavy atom. The molecule has 4 nitrogen and oxygen atoms in total. The second-order valence-corrected chi connectivity index (χ2v) is 5.60. The lowest BCUT2D eigenvalue weighted by atomic mass is 10.3. The highest BCUT2D eigenvalue weighted by molar-refractivity contribution is 7.07. The van der Waals surface area contributed by atoms with E-state index in [9.17, 15) is 4.39 Å². The van der Waals surface area contributed by atoms with Crippen molar-refractivity contribution in [3.05, 3.63) is 52.5 Å². The molecule has 0 bridgehead atoms. The molecule has 0 aliphatic rings. The van der Waals surface area contributed by atoms with Crippen molar-refractivity contribution in [2.24, 2.45) is 4.99 Å². The first-order chi connectivity index (χ1) is 10.7. The predicted molar refractivity (Wildman–Crippen MR) is 89.0 cm³/mol. The van der Waals surface area contributed by atoms with E-state index in [1.165, 1.54) is 17.7 Å². The molecule has 0 spiro atoms. The van der Waals surface area contributed by atoms with Crippen LogP contribution in [0.1, 0.15) is 12.5 Å². The zero-order chi connectivity index (χ0) is 15.8. The second kappa shape index (κ2) is 8.38. The smallest absolute Gasteiger partial charge is 0.191 e. The minimum Gasteiger partial charge on any atom is -0.489 e. The summed E-state index contributed by atoms with van der Waals surface area (Å²) >= 11 is 1.67. The van der Waals surface area contributed by atoms with E-state index in [4.69, 9.17) is 4.74 Å². The molecule has 0 fully saturated rings. The first-order valence-corrected chi connectivity index (χ1v) is 7.99. The van der Waals surface area contributed by atoms with Gasteiger partial charge in [-0.05, 0) is 41.4 Å². The molecule has 0 radical (unpaired) electrons. The summed E-state index contributed by atoms with van der Waals surface area (Å²) in [6, 6.07) is 8.21. The Bertz CT molecular complexity index is 601. The topological polar surface area (TPSA) is 45.7 Å². The Morgan fingerprint density at radius 1 is 1.36 bits per heavy atom. The van der Waals surface area contributed by atoms with Crippen molar-refractivity contribution in [2.45, 2.75) is 19.6 Å². The molecule has 118 valence electrons. The molecule has 1 aromatic carbocycles. The van der Waals surface area contributed by atoms with Gasteiger partial charge >= 0.3 is 0 Å². The van der Waals surface area contributed by atoms with Gasteiger partial charge in [0.05, 0.1) is 6.54 Å². The molecule has 1 unspecified atom stereocenters. The van der Waals surface area contributed by atoms with Crippen molar-refractivity contribution >= 4 is 17.3 Å². The average molecular weight is 321 g/mol. The third-order valence-corrected chi connectivity index (χ3v) is 3.69. The fraction of sp³-hybridized carbons (Fsp3) is 0.312. The van der Waals surface area contributed by atoms with Gasteiger partial charge in [0.1, 0.15) is 17.7 Å². The van der Waals surface area contributed by atoms with Gasteiger partial charge in [-0.1, -0.05) is 6.07 Å². The van der Waals surface area contributed by atoms with Crippen LogP contribution in [0.25, 0.3) is 0 Å². The van der Waals surface area contributed by atoms with Gasteiger partial charge in [-0.15, -0.1) is 0 Å². The zero-order valence-electron chi connectivity index (χ0n) is 12.7. The predicted octanol–water partition coefficient (Wildman–Crippen LogP) is 3.02. The highest BCUT2D eigenvalue weighted by atomic mass is 32.1. The molecule has 2 N–H and O–H groups in total. The Balaban J connectivity index is 1.75. The minimum atomic E-state index is -0.300. The van der Waals surface area contributed by atoms with E-state index >= 15 is 0 Å². The number of ether oxygens (including phenoxy) is 1. The number of rotatable bonds is 6. The third-order valence-electron chi connectivity index (χ3n) is 2.95. The van der Waals surface area contributed by atoms with Crippen LogP contribution in [0.3, 0.4) is 0 Å². The van der Waals surface area contributed by atoms with Crippen LogP contribution in [0.15, 0.2) is 46.1 Å². The largest absolute Gasteiger partial charge is 0.489 e. The SMILES string of the molecule is CN=C(NCc1ccsc1)NCC(C)Oc1cccc(F)c1. The number of guanidine groups is 1. The lowest BCUT2D eigenvalue weighted by molar-refractivity contribution is 0.223. The quantitative estimate of drug-likeness (QED) is 0.635. The third kappa shape index (κ3) is 5.37. The maximum atomic E-state index is 13.1. The van der Waals surface area contributed by atoms with Gasteiger partial charge in [-0.3, -0.25) is 4.99 Å². The highest BCUT2D eigenvalue weighted by Gasteiger charge is 2.06. The lowest BCUT2D eigenvalue weighted by Crippen LogP contribution is -2.41. The van der Waals surface area contributed by atoms with Crippen LogP contribution in [0.5, 0.6) is 5.75 Å². The summed E-state index contributed by atoms with van der Waals surface area (Å²) in [6.45, 7) is 3.21. The summed E-state index contributed by atoms with van der Waals surface area (Å²) in [4.78, 5) is 4.16. The maximum absolute atomic E-state index is 13.1. The van der Waals surface area contributed by atoms with Crippen molar-refractivity contribution in [3.8, 4) is 5.75 Å². The van der Waals surface area contributed by atoms with Crippen molar-refractivity contribution in [1.82, 2.24) is 10.6 Å². The molecule has 0 amide bonds. The van der Waals surface area contributed by atoms with Crippen LogP contribution < -0.4 is 15.4 Å². The van der Waals surface area contributed by atoms with Crippen LogP contribution in [0, 0.1) is 5.82 Å². The first-order valence-electron chi connectivity index (χ1n) is 7.05. The number of hydrogen-bond donors (Lipinski definition) is 2. The van der Waals surface area contributed by atoms with E-state index in [-0.39, 0.29) is 11.9 Å². The van der Waals surface area contributed by atoms with E-state index < -0.39 is 0 Å². The van der Waals surface area contributed by atoms with Gasteiger partial charge < -0.3 is 15.4 Å². The summed E-state index contributed by atoms with van der Waals surface area (Å²) in [6.07, 6.45) is -0.110. The van der Waals surface area contributed by atoms with Gasteiger partial charge in [-0.25, -0.2) is 4.39 Å². The molecule has 2 rings (SSSR count). The average Bonchev–Trinajstić information content (AvgIpc) is 3.01. The second-order valence-electron chi connectivity index (χ2n) is 4.82. The van der Waals surface area contributed by atoms with Crippen LogP contribution in [-0.2, 0) is 6.54 Å². The molecule has 2 aromatic rings. The van der Waals surface area contributed by atoms with Crippen molar-refractivity contribution in [1.29, 1.82) is 0 Å². The van der Waals surface area contributed by atoms with Crippen LogP contribution in [-0.4, -0.2) is 25.7 Å². The Morgan fingerprint density at radius 3 is 2.91 bits per heavy atom. The molecular formula is C16H20FN3OS. The number of thiophene rings is 1. The summed E-state index contributed by atoms with van der Waals surface area (Å²) in [5.74, 6) is 0.933. The minimum absolute atomic E-state index is 0.110. The number of benzene rings is 1. The number of aliphatic imine (C=N–C) groups is 1. The van der Waals surface area contributed by atoms with Gasteiger partial charge in [0, 0.05) is 19.7 Å². The van der Waals surface area contributed by atoms with Gasteiger partial charge in [0.25, 0.3) is 0 Å². The molecular weight excluding hydrogens is 301 g/mol. The van der Waals surface area contributed by atoms with E-state index in [0.717, 1.165) is 6.54 Å². The van der Waals surface area contributed by atoms with Crippen molar-refractivity contribution in [2.75, 3.05) is 13.6 Å². The number of nitrogens with zero attached hydrogens (tertiary/aromatic N) is 1. The van der Waals surface area contributed by atoms with E-state index in [2.05, 4.69) is 27.1 Å². The van der Waals surface area contributed by atoms with Crippen molar-refractivity contribution < 1.29 is 9.13 Å². The molecule has 1 atom stereocenters. The van der Waals surface area contributed by atoms with E-state index in [0.29, 0.717) is 18.3 Å². The summed E-state index contributed by atoms with van der Waals surface area (Å²) in [5, 5.41) is 10.6.